The minimum atomic E-state index is 0.433. The van der Waals surface area contributed by atoms with E-state index in [1.165, 1.54) is 6.08 Å². The third kappa shape index (κ3) is 2.89. The van der Waals surface area contributed by atoms with Gasteiger partial charge in [-0.25, -0.2) is 0 Å². The van der Waals surface area contributed by atoms with Crippen LogP contribution in [0.3, 0.4) is 0 Å². The van der Waals surface area contributed by atoms with E-state index in [9.17, 15) is 4.79 Å². The van der Waals surface area contributed by atoms with E-state index in [1.807, 2.05) is 31.2 Å². The van der Waals surface area contributed by atoms with Crippen LogP contribution in [0.4, 0.5) is 0 Å². The van der Waals surface area contributed by atoms with Crippen LogP contribution < -0.4 is 4.74 Å². The first-order valence-electron chi connectivity index (χ1n) is 4.32. The van der Waals surface area contributed by atoms with E-state index in [0.29, 0.717) is 17.9 Å². The molecule has 3 heteroatoms. The molecule has 0 N–H and O–H groups in total. The topological polar surface area (TPSA) is 26.3 Å². The highest BCUT2D eigenvalue weighted by Gasteiger charge is 1.97. The first kappa shape index (κ1) is 10.8. The number of halogens is 1. The third-order valence-corrected chi connectivity index (χ3v) is 2.00. The van der Waals surface area contributed by atoms with E-state index >= 15 is 0 Å². The largest absolute Gasteiger partial charge is 0.494 e. The van der Waals surface area contributed by atoms with E-state index in [0.717, 1.165) is 11.3 Å². The Kier molecular flexibility index (Phi) is 4.20. The average molecular weight is 211 g/mol. The average Bonchev–Trinajstić information content (AvgIpc) is 2.20. The van der Waals surface area contributed by atoms with Gasteiger partial charge in [0.1, 0.15) is 12.0 Å². The summed E-state index contributed by atoms with van der Waals surface area (Å²) in [6.07, 6.45) is 1.98. The summed E-state index contributed by atoms with van der Waals surface area (Å²) >= 11 is 5.82. The van der Waals surface area contributed by atoms with Crippen molar-refractivity contribution in [2.75, 3.05) is 6.61 Å². The molecule has 0 aliphatic rings. The molecular weight excluding hydrogens is 200 g/mol. The molecule has 0 heterocycles. The van der Waals surface area contributed by atoms with Crippen molar-refractivity contribution in [3.8, 4) is 5.75 Å². The molecule has 0 spiro atoms. The molecular formula is C11H11ClO2. The third-order valence-electron chi connectivity index (χ3n) is 1.66. The second-order valence-corrected chi connectivity index (χ2v) is 3.02. The summed E-state index contributed by atoms with van der Waals surface area (Å²) in [5.41, 5.74) is 0.808. The van der Waals surface area contributed by atoms with Gasteiger partial charge in [-0.2, -0.15) is 0 Å². The molecule has 0 amide bonds. The Bertz CT molecular complexity index is 328. The van der Waals surface area contributed by atoms with Gasteiger partial charge >= 0.3 is 0 Å². The van der Waals surface area contributed by atoms with Crippen molar-refractivity contribution in [1.29, 1.82) is 0 Å². The van der Waals surface area contributed by atoms with Gasteiger partial charge in [0.05, 0.1) is 11.6 Å². The molecule has 0 aliphatic carbocycles. The van der Waals surface area contributed by atoms with Gasteiger partial charge in [-0.1, -0.05) is 11.6 Å². The lowest BCUT2D eigenvalue weighted by atomic mass is 10.2. The smallest absolute Gasteiger partial charge is 0.144 e. The van der Waals surface area contributed by atoms with Crippen molar-refractivity contribution in [2.45, 2.75) is 6.92 Å². The van der Waals surface area contributed by atoms with Gasteiger partial charge < -0.3 is 4.74 Å². The van der Waals surface area contributed by atoms with E-state index in [-0.39, 0.29) is 0 Å². The molecule has 0 bridgehead atoms. The molecule has 1 rings (SSSR count). The monoisotopic (exact) mass is 210 g/mol. The van der Waals surface area contributed by atoms with Gasteiger partial charge in [0.25, 0.3) is 0 Å². The van der Waals surface area contributed by atoms with Crippen LogP contribution in [0, 0.1) is 0 Å². The summed E-state index contributed by atoms with van der Waals surface area (Å²) in [7, 11) is 0. The van der Waals surface area contributed by atoms with Gasteiger partial charge in [0, 0.05) is 0 Å². The van der Waals surface area contributed by atoms with Gasteiger partial charge in [0.15, 0.2) is 0 Å². The minimum Gasteiger partial charge on any atom is -0.494 e. The Hall–Kier alpha value is -1.28. The molecule has 0 radical (unpaired) electrons. The highest BCUT2D eigenvalue weighted by molar-refractivity contribution is 6.49. The molecule has 0 saturated heterocycles. The lowest BCUT2D eigenvalue weighted by Gasteiger charge is -2.03. The molecule has 0 aromatic heterocycles. The van der Waals surface area contributed by atoms with Crippen molar-refractivity contribution >= 4 is 22.9 Å². The molecule has 74 valence electrons. The normalized spacial score (nSPS) is 11.1. The van der Waals surface area contributed by atoms with Crippen molar-refractivity contribution in [2.24, 2.45) is 0 Å². The van der Waals surface area contributed by atoms with E-state index < -0.39 is 0 Å². The van der Waals surface area contributed by atoms with Crippen LogP contribution in [0.25, 0.3) is 5.03 Å². The second-order valence-electron chi connectivity index (χ2n) is 2.61. The quantitative estimate of drug-likeness (QED) is 0.564. The predicted molar refractivity (Wildman–Crippen MR) is 57.5 cm³/mol. The first-order chi connectivity index (χ1) is 6.77. The van der Waals surface area contributed by atoms with Crippen LogP contribution in [0.2, 0.25) is 0 Å². The minimum absolute atomic E-state index is 0.433. The maximum Gasteiger partial charge on any atom is 0.144 e. The lowest BCUT2D eigenvalue weighted by molar-refractivity contribution is -0.104. The van der Waals surface area contributed by atoms with Crippen molar-refractivity contribution in [3.63, 3.8) is 0 Å². The van der Waals surface area contributed by atoms with Gasteiger partial charge in [-0.3, -0.25) is 4.79 Å². The van der Waals surface area contributed by atoms with Crippen molar-refractivity contribution in [3.05, 3.63) is 35.9 Å². The highest BCUT2D eigenvalue weighted by atomic mass is 35.5. The molecule has 0 atom stereocenters. The van der Waals surface area contributed by atoms with Crippen LogP contribution in [0.15, 0.2) is 30.3 Å². The fraction of sp³-hybridized carbons (Fsp3) is 0.182. The zero-order valence-electron chi connectivity index (χ0n) is 7.87. The molecule has 1 aromatic carbocycles. The van der Waals surface area contributed by atoms with Crippen molar-refractivity contribution < 1.29 is 9.53 Å². The fourth-order valence-electron chi connectivity index (χ4n) is 1.03. The number of hydrogen-bond donors (Lipinski definition) is 0. The number of carbonyl (C=O) groups is 1. The molecule has 0 fully saturated rings. The van der Waals surface area contributed by atoms with Crippen LogP contribution in [-0.4, -0.2) is 12.9 Å². The number of aldehydes is 1. The number of rotatable bonds is 4. The Morgan fingerprint density at radius 1 is 1.43 bits per heavy atom. The zero-order chi connectivity index (χ0) is 10.4. The Balaban J connectivity index is 2.82. The van der Waals surface area contributed by atoms with Crippen LogP contribution in [-0.2, 0) is 4.79 Å². The van der Waals surface area contributed by atoms with Gasteiger partial charge in [-0.15, -0.1) is 0 Å². The molecule has 0 unspecified atom stereocenters. The molecule has 0 saturated carbocycles. The second kappa shape index (κ2) is 5.45. The Morgan fingerprint density at radius 2 is 2.07 bits per heavy atom. The molecule has 14 heavy (non-hydrogen) atoms. The molecule has 1 aromatic rings. The Morgan fingerprint density at radius 3 is 2.57 bits per heavy atom. The standard InChI is InChI=1S/C11H11ClO2/c1-2-14-10-5-3-9(4-6-10)11(12)7-8-13/h3-8H,2H2,1H3/b11-7-. The molecule has 0 aliphatic heterocycles. The number of ether oxygens (including phenoxy) is 1. The Labute approximate surface area is 88.1 Å². The van der Waals surface area contributed by atoms with E-state index in [1.54, 1.807) is 0 Å². The summed E-state index contributed by atoms with van der Waals surface area (Å²) in [6, 6.07) is 7.26. The van der Waals surface area contributed by atoms with Gasteiger partial charge in [-0.05, 0) is 42.8 Å². The number of hydrogen-bond acceptors (Lipinski definition) is 2. The van der Waals surface area contributed by atoms with Gasteiger partial charge in [0.2, 0.25) is 0 Å². The summed E-state index contributed by atoms with van der Waals surface area (Å²) < 4.78 is 5.27. The number of allylic oxidation sites excluding steroid dienone is 1. The highest BCUT2D eigenvalue weighted by Crippen LogP contribution is 2.21. The molecule has 2 nitrogen and oxygen atoms in total. The summed E-state index contributed by atoms with van der Waals surface area (Å²) in [5, 5.41) is 0.433. The SMILES string of the molecule is CCOc1ccc(/C(Cl)=C/C=O)cc1. The van der Waals surface area contributed by atoms with E-state index in [4.69, 9.17) is 16.3 Å². The number of carbonyl (C=O) groups excluding carboxylic acids is 1. The zero-order valence-corrected chi connectivity index (χ0v) is 8.62. The predicted octanol–water partition coefficient (Wildman–Crippen LogP) is 2.86. The maximum absolute atomic E-state index is 10.2. The number of benzene rings is 1. The van der Waals surface area contributed by atoms with Crippen LogP contribution >= 0.6 is 11.6 Å². The maximum atomic E-state index is 10.2. The van der Waals surface area contributed by atoms with Crippen LogP contribution in [0.1, 0.15) is 12.5 Å². The fourth-order valence-corrected chi connectivity index (χ4v) is 1.21. The first-order valence-corrected chi connectivity index (χ1v) is 4.70. The van der Waals surface area contributed by atoms with E-state index in [2.05, 4.69) is 0 Å². The van der Waals surface area contributed by atoms with Crippen molar-refractivity contribution in [1.82, 2.24) is 0 Å². The summed E-state index contributed by atoms with van der Waals surface area (Å²) in [5.74, 6) is 0.798. The van der Waals surface area contributed by atoms with Crippen LogP contribution in [0.5, 0.6) is 5.75 Å². The lowest BCUT2D eigenvalue weighted by Crippen LogP contribution is -1.90. The summed E-state index contributed by atoms with van der Waals surface area (Å²) in [6.45, 7) is 2.56. The summed E-state index contributed by atoms with van der Waals surface area (Å²) in [4.78, 5) is 10.2.